The van der Waals surface area contributed by atoms with Crippen LogP contribution in [0, 0.1) is 13.8 Å². The average Bonchev–Trinajstić information content (AvgIpc) is 2.79. The number of hydrogen-bond donors (Lipinski definition) is 1. The molecule has 0 amide bonds. The second-order valence-corrected chi connectivity index (χ2v) is 4.25. The molecule has 1 fully saturated rings. The van der Waals surface area contributed by atoms with E-state index in [1.165, 1.54) is 12.0 Å². The van der Waals surface area contributed by atoms with Crippen LogP contribution in [-0.4, -0.2) is 34.4 Å². The molecule has 4 nitrogen and oxygen atoms in total. The molecule has 15 heavy (non-hydrogen) atoms. The third-order valence-electron chi connectivity index (χ3n) is 3.25. The summed E-state index contributed by atoms with van der Waals surface area (Å²) in [5, 5.41) is 13.2. The fraction of sp³-hybridized carbons (Fsp3) is 0.727. The number of nitrogens with zero attached hydrogens (tertiary/aromatic N) is 2. The molecule has 4 heteroatoms. The summed E-state index contributed by atoms with van der Waals surface area (Å²) in [4.78, 5) is 2.31. The van der Waals surface area contributed by atoms with E-state index in [-0.39, 0.29) is 6.61 Å². The van der Waals surface area contributed by atoms with Crippen molar-refractivity contribution >= 4 is 0 Å². The lowest BCUT2D eigenvalue weighted by molar-refractivity contribution is 0.153. The van der Waals surface area contributed by atoms with E-state index in [1.54, 1.807) is 0 Å². The Morgan fingerprint density at radius 1 is 1.53 bits per heavy atom. The molecule has 1 aromatic rings. The standard InChI is InChI=1S/C11H18N2O2/c1-8-11(9(2)15-12-8)6-13-5-3-4-10(13)7-14/h10,14H,3-7H2,1-2H3/t10-/m1/s1. The van der Waals surface area contributed by atoms with Gasteiger partial charge in [-0.1, -0.05) is 5.16 Å². The largest absolute Gasteiger partial charge is 0.395 e. The number of aromatic nitrogens is 1. The molecule has 0 bridgehead atoms. The van der Waals surface area contributed by atoms with E-state index in [9.17, 15) is 5.11 Å². The lowest BCUT2D eigenvalue weighted by Crippen LogP contribution is -2.31. The lowest BCUT2D eigenvalue weighted by atomic mass is 10.1. The number of aliphatic hydroxyl groups excluding tert-OH is 1. The van der Waals surface area contributed by atoms with Gasteiger partial charge in [-0.05, 0) is 33.2 Å². The van der Waals surface area contributed by atoms with E-state index in [0.29, 0.717) is 6.04 Å². The summed E-state index contributed by atoms with van der Waals surface area (Å²) in [7, 11) is 0. The first-order chi connectivity index (χ1) is 7.22. The Balaban J connectivity index is 2.08. The van der Waals surface area contributed by atoms with Crippen LogP contribution in [0.5, 0.6) is 0 Å². The summed E-state index contributed by atoms with van der Waals surface area (Å²) in [5.74, 6) is 0.899. The Bertz CT molecular complexity index is 316. The van der Waals surface area contributed by atoms with Gasteiger partial charge in [0.05, 0.1) is 12.3 Å². The van der Waals surface area contributed by atoms with Crippen molar-refractivity contribution in [3.8, 4) is 0 Å². The van der Waals surface area contributed by atoms with Gasteiger partial charge < -0.3 is 9.63 Å². The van der Waals surface area contributed by atoms with E-state index in [1.807, 2.05) is 13.8 Å². The number of rotatable bonds is 3. The second-order valence-electron chi connectivity index (χ2n) is 4.25. The van der Waals surface area contributed by atoms with Gasteiger partial charge in [0.2, 0.25) is 0 Å². The van der Waals surface area contributed by atoms with Gasteiger partial charge >= 0.3 is 0 Å². The summed E-state index contributed by atoms with van der Waals surface area (Å²) in [6, 6.07) is 0.318. The smallest absolute Gasteiger partial charge is 0.138 e. The van der Waals surface area contributed by atoms with E-state index in [4.69, 9.17) is 4.52 Å². The third kappa shape index (κ3) is 2.06. The van der Waals surface area contributed by atoms with E-state index in [2.05, 4.69) is 10.1 Å². The molecule has 1 saturated heterocycles. The van der Waals surface area contributed by atoms with Gasteiger partial charge in [-0.15, -0.1) is 0 Å². The highest BCUT2D eigenvalue weighted by Crippen LogP contribution is 2.22. The first-order valence-corrected chi connectivity index (χ1v) is 5.49. The van der Waals surface area contributed by atoms with E-state index < -0.39 is 0 Å². The molecule has 1 aromatic heterocycles. The molecule has 1 aliphatic heterocycles. The molecule has 0 aliphatic carbocycles. The van der Waals surface area contributed by atoms with Crippen molar-refractivity contribution in [3.63, 3.8) is 0 Å². The number of aryl methyl sites for hydroxylation is 2. The number of likely N-dealkylation sites (tertiary alicyclic amines) is 1. The molecule has 2 heterocycles. The highest BCUT2D eigenvalue weighted by atomic mass is 16.5. The Hall–Kier alpha value is -0.870. The molecule has 84 valence electrons. The fourth-order valence-electron chi connectivity index (χ4n) is 2.24. The monoisotopic (exact) mass is 210 g/mol. The van der Waals surface area contributed by atoms with Gasteiger partial charge in [0.25, 0.3) is 0 Å². The highest BCUT2D eigenvalue weighted by molar-refractivity contribution is 5.20. The predicted molar refractivity (Wildman–Crippen MR) is 56.5 cm³/mol. The zero-order valence-corrected chi connectivity index (χ0v) is 9.36. The molecule has 0 aromatic carbocycles. The minimum Gasteiger partial charge on any atom is -0.395 e. The minimum absolute atomic E-state index is 0.253. The molecular formula is C11H18N2O2. The molecule has 0 spiro atoms. The first-order valence-electron chi connectivity index (χ1n) is 5.49. The van der Waals surface area contributed by atoms with Crippen LogP contribution in [-0.2, 0) is 6.54 Å². The maximum absolute atomic E-state index is 9.22. The van der Waals surface area contributed by atoms with Crippen LogP contribution in [0.15, 0.2) is 4.52 Å². The predicted octanol–water partition coefficient (Wildman–Crippen LogP) is 1.25. The summed E-state index contributed by atoms with van der Waals surface area (Å²) >= 11 is 0. The molecule has 1 aliphatic rings. The Kier molecular flexibility index (Phi) is 3.07. The number of aliphatic hydroxyl groups is 1. The summed E-state index contributed by atoms with van der Waals surface area (Å²) in [5.41, 5.74) is 2.14. The zero-order valence-electron chi connectivity index (χ0n) is 9.36. The molecule has 1 N–H and O–H groups in total. The minimum atomic E-state index is 0.253. The van der Waals surface area contributed by atoms with Crippen molar-refractivity contribution in [3.05, 3.63) is 17.0 Å². The second kappa shape index (κ2) is 4.33. The van der Waals surface area contributed by atoms with Crippen molar-refractivity contribution in [1.82, 2.24) is 10.1 Å². The summed E-state index contributed by atoms with van der Waals surface area (Å²) < 4.78 is 5.14. The van der Waals surface area contributed by atoms with Gasteiger partial charge in [-0.2, -0.15) is 0 Å². The molecule has 0 saturated carbocycles. The normalized spacial score (nSPS) is 22.5. The quantitative estimate of drug-likeness (QED) is 0.815. The maximum atomic E-state index is 9.22. The molecular weight excluding hydrogens is 192 g/mol. The van der Waals surface area contributed by atoms with Gasteiger partial charge in [0.1, 0.15) is 5.76 Å². The van der Waals surface area contributed by atoms with Crippen molar-refractivity contribution in [2.45, 2.75) is 39.3 Å². The van der Waals surface area contributed by atoms with Crippen LogP contribution in [0.1, 0.15) is 29.9 Å². The van der Waals surface area contributed by atoms with Crippen molar-refractivity contribution in [2.24, 2.45) is 0 Å². The van der Waals surface area contributed by atoms with Crippen LogP contribution in [0.3, 0.4) is 0 Å². The summed E-state index contributed by atoms with van der Waals surface area (Å²) in [6.45, 7) is 6.08. The molecule has 1 atom stereocenters. The molecule has 0 radical (unpaired) electrons. The lowest BCUT2D eigenvalue weighted by Gasteiger charge is -2.22. The van der Waals surface area contributed by atoms with Gasteiger partial charge in [-0.3, -0.25) is 4.90 Å². The first kappa shape index (κ1) is 10.6. The van der Waals surface area contributed by atoms with Crippen molar-refractivity contribution in [1.29, 1.82) is 0 Å². The SMILES string of the molecule is Cc1noc(C)c1CN1CCC[C@@H]1CO. The third-order valence-corrected chi connectivity index (χ3v) is 3.25. The topological polar surface area (TPSA) is 49.5 Å². The van der Waals surface area contributed by atoms with Crippen LogP contribution >= 0.6 is 0 Å². The highest BCUT2D eigenvalue weighted by Gasteiger charge is 2.25. The Labute approximate surface area is 89.9 Å². The van der Waals surface area contributed by atoms with E-state index >= 15 is 0 Å². The summed E-state index contributed by atoms with van der Waals surface area (Å²) in [6.07, 6.45) is 2.27. The van der Waals surface area contributed by atoms with Crippen LogP contribution in [0.2, 0.25) is 0 Å². The van der Waals surface area contributed by atoms with Gasteiger partial charge in [-0.25, -0.2) is 0 Å². The average molecular weight is 210 g/mol. The maximum Gasteiger partial charge on any atom is 0.138 e. The fourth-order valence-corrected chi connectivity index (χ4v) is 2.24. The van der Waals surface area contributed by atoms with Crippen LogP contribution in [0.25, 0.3) is 0 Å². The van der Waals surface area contributed by atoms with Crippen molar-refractivity contribution < 1.29 is 9.63 Å². The van der Waals surface area contributed by atoms with Crippen molar-refractivity contribution in [2.75, 3.05) is 13.2 Å². The van der Waals surface area contributed by atoms with Gasteiger partial charge in [0.15, 0.2) is 0 Å². The van der Waals surface area contributed by atoms with Crippen LogP contribution < -0.4 is 0 Å². The van der Waals surface area contributed by atoms with Gasteiger partial charge in [0, 0.05) is 18.2 Å². The Morgan fingerprint density at radius 3 is 2.93 bits per heavy atom. The van der Waals surface area contributed by atoms with Crippen LogP contribution in [0.4, 0.5) is 0 Å². The molecule has 2 rings (SSSR count). The number of hydrogen-bond acceptors (Lipinski definition) is 4. The van der Waals surface area contributed by atoms with E-state index in [0.717, 1.165) is 31.0 Å². The molecule has 0 unspecified atom stereocenters. The zero-order chi connectivity index (χ0) is 10.8. The Morgan fingerprint density at radius 2 is 2.33 bits per heavy atom.